The number of aliphatic hydroxyl groups excluding tert-OH is 1. The SMILES string of the molecule is O=C(NC(c1ccccc1)c1cccc(OCc2ccc(CCNCC(O)c3ccc(O)c4[nH]c(=O)ccc34)c(C(F)(F)F)c2)c1)OC1CN2CCC1CC2. The number of hydrogen-bond acceptors (Lipinski definition) is 8. The number of carbonyl (C=O) groups excluding carboxylic acids is 1. The summed E-state index contributed by atoms with van der Waals surface area (Å²) in [6.45, 7) is 2.87. The van der Waals surface area contributed by atoms with E-state index >= 15 is 0 Å². The number of benzene rings is 4. The van der Waals surface area contributed by atoms with Gasteiger partial charge in [-0.3, -0.25) is 9.69 Å². The second kappa shape index (κ2) is 16.6. The Morgan fingerprint density at radius 1 is 0.945 bits per heavy atom. The number of aromatic hydroxyl groups is 1. The Labute approximate surface area is 315 Å². The van der Waals surface area contributed by atoms with Gasteiger partial charge < -0.3 is 35.3 Å². The number of amides is 1. The number of piperidine rings is 3. The molecule has 0 aliphatic carbocycles. The highest BCUT2D eigenvalue weighted by molar-refractivity contribution is 5.87. The number of hydrogen-bond donors (Lipinski definition) is 5. The molecule has 1 amide bonds. The Morgan fingerprint density at radius 2 is 1.73 bits per heavy atom. The molecule has 0 radical (unpaired) electrons. The quantitative estimate of drug-likeness (QED) is 0.0848. The summed E-state index contributed by atoms with van der Waals surface area (Å²) in [6.07, 6.45) is -4.23. The fraction of sp³-hybridized carbons (Fsp3) is 0.333. The smallest absolute Gasteiger partial charge is 0.416 e. The van der Waals surface area contributed by atoms with Crippen molar-refractivity contribution in [3.63, 3.8) is 0 Å². The Hall–Kier alpha value is -5.37. The summed E-state index contributed by atoms with van der Waals surface area (Å²) in [5.74, 6) is 0.653. The number of alkyl halides is 3. The van der Waals surface area contributed by atoms with Crippen LogP contribution in [0.25, 0.3) is 10.9 Å². The topological polar surface area (TPSA) is 136 Å². The van der Waals surface area contributed by atoms with Crippen molar-refractivity contribution >= 4 is 17.0 Å². The van der Waals surface area contributed by atoms with Gasteiger partial charge in [0.15, 0.2) is 0 Å². The largest absolute Gasteiger partial charge is 0.506 e. The van der Waals surface area contributed by atoms with Gasteiger partial charge in [0.1, 0.15) is 24.2 Å². The lowest BCUT2D eigenvalue weighted by atomic mass is 9.86. The van der Waals surface area contributed by atoms with Crippen LogP contribution in [0.1, 0.15) is 58.4 Å². The molecule has 3 saturated heterocycles. The van der Waals surface area contributed by atoms with Gasteiger partial charge in [0, 0.05) is 24.5 Å². The molecule has 3 unspecified atom stereocenters. The first kappa shape index (κ1) is 37.9. The first-order valence-corrected chi connectivity index (χ1v) is 18.4. The average molecular weight is 757 g/mol. The zero-order valence-electron chi connectivity index (χ0n) is 30.0. The van der Waals surface area contributed by atoms with Gasteiger partial charge in [0.05, 0.1) is 23.2 Å². The number of halogens is 3. The van der Waals surface area contributed by atoms with Crippen molar-refractivity contribution in [3.8, 4) is 11.5 Å². The third-order valence-corrected chi connectivity index (χ3v) is 10.5. The standard InChI is InChI=1S/C42H43F3N4O6/c43-42(44,45)34-21-26(9-10-27(34)15-18-46-23-36(51)32-11-13-35(50)40-33(32)12-14-38(52)47-40)25-54-31-8-4-7-30(22-31)39(29-5-2-1-3-6-29)48-41(53)55-37-24-49-19-16-28(37)17-20-49/h1-14,21-22,28,36-37,39,46,50-51H,15-20,23-25H2,(H,47,52)(H,48,53). The minimum absolute atomic E-state index is 0.0346. The molecule has 3 fully saturated rings. The molecule has 55 heavy (non-hydrogen) atoms. The number of aliphatic hydroxyl groups is 1. The fourth-order valence-corrected chi connectivity index (χ4v) is 7.61. The highest BCUT2D eigenvalue weighted by Gasteiger charge is 2.37. The lowest BCUT2D eigenvalue weighted by Gasteiger charge is -2.43. The molecule has 3 aliphatic heterocycles. The first-order chi connectivity index (χ1) is 26.5. The third-order valence-electron chi connectivity index (χ3n) is 10.5. The monoisotopic (exact) mass is 756 g/mol. The number of rotatable bonds is 13. The van der Waals surface area contributed by atoms with E-state index in [2.05, 4.69) is 20.5 Å². The minimum Gasteiger partial charge on any atom is -0.506 e. The van der Waals surface area contributed by atoms with Crippen molar-refractivity contribution in [2.75, 3.05) is 32.7 Å². The van der Waals surface area contributed by atoms with Crippen molar-refractivity contribution in [2.24, 2.45) is 5.92 Å². The zero-order valence-corrected chi connectivity index (χ0v) is 30.0. The van der Waals surface area contributed by atoms with Gasteiger partial charge in [-0.25, -0.2) is 4.79 Å². The molecular weight excluding hydrogens is 713 g/mol. The van der Waals surface area contributed by atoms with Crippen molar-refractivity contribution in [1.82, 2.24) is 20.5 Å². The van der Waals surface area contributed by atoms with Crippen LogP contribution in [0.5, 0.6) is 11.5 Å². The van der Waals surface area contributed by atoms with E-state index in [9.17, 15) is 33.0 Å². The van der Waals surface area contributed by atoms with E-state index in [1.165, 1.54) is 30.3 Å². The summed E-state index contributed by atoms with van der Waals surface area (Å²) in [7, 11) is 0. The molecule has 8 rings (SSSR count). The molecule has 3 atom stereocenters. The van der Waals surface area contributed by atoms with Crippen LogP contribution < -0.4 is 20.9 Å². The number of carbonyl (C=O) groups is 1. The Kier molecular flexibility index (Phi) is 11.4. The van der Waals surface area contributed by atoms with Gasteiger partial charge in [-0.1, -0.05) is 60.7 Å². The van der Waals surface area contributed by atoms with Crippen LogP contribution in [0, 0.1) is 5.92 Å². The van der Waals surface area contributed by atoms with Gasteiger partial charge in [-0.2, -0.15) is 13.2 Å². The van der Waals surface area contributed by atoms with E-state index in [-0.39, 0.29) is 49.1 Å². The average Bonchev–Trinajstić information content (AvgIpc) is 3.19. The summed E-state index contributed by atoms with van der Waals surface area (Å²) >= 11 is 0. The van der Waals surface area contributed by atoms with Crippen molar-refractivity contribution in [1.29, 1.82) is 0 Å². The number of H-pyrrole nitrogens is 1. The van der Waals surface area contributed by atoms with Gasteiger partial charge in [-0.15, -0.1) is 0 Å². The lowest BCUT2D eigenvalue weighted by molar-refractivity contribution is -0.138. The van der Waals surface area contributed by atoms with Crippen molar-refractivity contribution in [3.05, 3.63) is 141 Å². The molecule has 5 N–H and O–H groups in total. The van der Waals surface area contributed by atoms with Crippen LogP contribution in [0.4, 0.5) is 18.0 Å². The summed E-state index contributed by atoms with van der Waals surface area (Å²) < 4.78 is 54.7. The number of aromatic nitrogens is 1. The number of ether oxygens (including phenoxy) is 2. The highest BCUT2D eigenvalue weighted by Crippen LogP contribution is 2.34. The minimum atomic E-state index is -4.61. The first-order valence-electron chi connectivity index (χ1n) is 18.4. The number of alkyl carbamates (subject to hydrolysis) is 1. The third kappa shape index (κ3) is 9.13. The van der Waals surface area contributed by atoms with Crippen LogP contribution in [-0.2, 0) is 23.9 Å². The number of phenolic OH excluding ortho intramolecular Hbond substituents is 1. The maximum atomic E-state index is 14.3. The van der Waals surface area contributed by atoms with E-state index in [0.717, 1.165) is 49.7 Å². The second-order valence-corrected chi connectivity index (χ2v) is 14.2. The molecule has 5 aromatic rings. The fourth-order valence-electron chi connectivity index (χ4n) is 7.61. The predicted octanol–water partition coefficient (Wildman–Crippen LogP) is 6.61. The van der Waals surface area contributed by atoms with Gasteiger partial charge in [0.2, 0.25) is 5.56 Å². The summed E-state index contributed by atoms with van der Waals surface area (Å²) in [5.41, 5.74) is 1.47. The van der Waals surface area contributed by atoms with Crippen LogP contribution in [0.15, 0.2) is 102 Å². The predicted molar refractivity (Wildman–Crippen MR) is 201 cm³/mol. The summed E-state index contributed by atoms with van der Waals surface area (Å²) in [4.78, 5) is 29.8. The number of nitrogens with zero attached hydrogens (tertiary/aromatic N) is 1. The lowest BCUT2D eigenvalue weighted by Crippen LogP contribution is -2.52. The highest BCUT2D eigenvalue weighted by atomic mass is 19.4. The van der Waals surface area contributed by atoms with E-state index in [1.54, 1.807) is 24.3 Å². The van der Waals surface area contributed by atoms with Crippen LogP contribution in [-0.4, -0.2) is 65.0 Å². The molecular formula is C42H43F3N4O6. The zero-order chi connectivity index (χ0) is 38.5. The number of phenols is 1. The Balaban J connectivity index is 0.983. The maximum Gasteiger partial charge on any atom is 0.416 e. The molecule has 4 aromatic carbocycles. The molecule has 0 saturated carbocycles. The molecule has 4 heterocycles. The molecule has 1 aromatic heterocycles. The van der Waals surface area contributed by atoms with E-state index in [4.69, 9.17) is 9.47 Å². The van der Waals surface area contributed by atoms with Crippen LogP contribution in [0.3, 0.4) is 0 Å². The Bertz CT molecular complexity index is 2170. The molecule has 0 spiro atoms. The Morgan fingerprint density at radius 3 is 2.47 bits per heavy atom. The second-order valence-electron chi connectivity index (χ2n) is 14.2. The summed E-state index contributed by atoms with van der Waals surface area (Å²) in [5, 5.41) is 27.4. The maximum absolute atomic E-state index is 14.3. The van der Waals surface area contributed by atoms with Gasteiger partial charge >= 0.3 is 12.3 Å². The molecule has 288 valence electrons. The van der Waals surface area contributed by atoms with E-state index < -0.39 is 35.5 Å². The summed E-state index contributed by atoms with van der Waals surface area (Å²) in [6, 6.07) is 25.9. The molecule has 13 heteroatoms. The normalized spacial score (nSPS) is 19.2. The van der Waals surface area contributed by atoms with Gasteiger partial charge in [0.25, 0.3) is 0 Å². The number of pyridine rings is 1. The van der Waals surface area contributed by atoms with E-state index in [0.29, 0.717) is 28.2 Å². The number of aromatic amines is 1. The molecule has 10 nitrogen and oxygen atoms in total. The van der Waals surface area contributed by atoms with Crippen molar-refractivity contribution < 1.29 is 37.7 Å². The molecule has 2 bridgehead atoms. The van der Waals surface area contributed by atoms with Crippen LogP contribution in [0.2, 0.25) is 0 Å². The van der Waals surface area contributed by atoms with Gasteiger partial charge in [-0.05, 0) is 103 Å². The molecule has 3 aliphatic rings. The van der Waals surface area contributed by atoms with E-state index in [1.807, 2.05) is 36.4 Å². The number of fused-ring (bicyclic) bond motifs is 4. The van der Waals surface area contributed by atoms with Crippen LogP contribution >= 0.6 is 0 Å². The van der Waals surface area contributed by atoms with Crippen molar-refractivity contribution in [2.45, 2.75) is 50.3 Å². The number of nitrogens with one attached hydrogen (secondary N) is 3.